The fraction of sp³-hybridized carbons (Fsp3) is 0.857. The van der Waals surface area contributed by atoms with Crippen LogP contribution in [0.3, 0.4) is 0 Å². The highest BCUT2D eigenvalue weighted by Gasteiger charge is 2.39. The molecule has 0 aliphatic heterocycles. The van der Waals surface area contributed by atoms with Gasteiger partial charge in [0.15, 0.2) is 0 Å². The zero-order chi connectivity index (χ0) is 15.2. The Balaban J connectivity index is 2.18. The fourth-order valence-electron chi connectivity index (χ4n) is 2.41. The van der Waals surface area contributed by atoms with Crippen LogP contribution in [-0.4, -0.2) is 54.7 Å². The van der Waals surface area contributed by atoms with E-state index in [1.54, 1.807) is 0 Å². The Morgan fingerprint density at radius 3 is 2.40 bits per heavy atom. The number of nitrogens with zero attached hydrogens (tertiary/aromatic N) is 1. The second kappa shape index (κ2) is 7.47. The van der Waals surface area contributed by atoms with Gasteiger partial charge in [0.2, 0.25) is 0 Å². The van der Waals surface area contributed by atoms with Gasteiger partial charge in [-0.15, -0.1) is 0 Å². The van der Waals surface area contributed by atoms with Gasteiger partial charge in [0, 0.05) is 25.0 Å². The highest BCUT2D eigenvalue weighted by atomic mass is 16.4. The third kappa shape index (κ3) is 5.00. The first-order valence-corrected chi connectivity index (χ1v) is 7.27. The van der Waals surface area contributed by atoms with Crippen LogP contribution in [0.5, 0.6) is 0 Å². The van der Waals surface area contributed by atoms with Crippen molar-refractivity contribution in [1.82, 2.24) is 15.5 Å². The van der Waals surface area contributed by atoms with Gasteiger partial charge in [-0.1, -0.05) is 6.92 Å². The molecule has 6 heteroatoms. The Morgan fingerprint density at radius 1 is 1.30 bits per heavy atom. The number of amides is 2. The third-order valence-electron chi connectivity index (χ3n) is 4.27. The molecule has 1 fully saturated rings. The highest BCUT2D eigenvalue weighted by Crippen LogP contribution is 2.35. The number of hydrogen-bond donors (Lipinski definition) is 3. The normalized spacial score (nSPS) is 18.2. The quantitative estimate of drug-likeness (QED) is 0.627. The molecule has 2 amide bonds. The standard InChI is InChI=1S/C14H27N3O3/c1-11(5-6-12(18)19)9-15-13(20)16-10-14(17(2)3)7-4-8-14/h11H,4-10H2,1-3H3,(H,18,19)(H2,15,16,20). The lowest BCUT2D eigenvalue weighted by Gasteiger charge is -2.47. The van der Waals surface area contributed by atoms with Crippen LogP contribution in [0.2, 0.25) is 0 Å². The van der Waals surface area contributed by atoms with Gasteiger partial charge in [0.05, 0.1) is 0 Å². The number of likely N-dealkylation sites (N-methyl/N-ethyl adjacent to an activating group) is 1. The molecule has 1 aliphatic carbocycles. The summed E-state index contributed by atoms with van der Waals surface area (Å²) >= 11 is 0. The first-order chi connectivity index (χ1) is 9.35. The summed E-state index contributed by atoms with van der Waals surface area (Å²) in [6.07, 6.45) is 4.18. The van der Waals surface area contributed by atoms with Crippen LogP contribution in [0.25, 0.3) is 0 Å². The zero-order valence-corrected chi connectivity index (χ0v) is 12.7. The van der Waals surface area contributed by atoms with Crippen molar-refractivity contribution in [2.75, 3.05) is 27.2 Å². The summed E-state index contributed by atoms with van der Waals surface area (Å²) in [5.41, 5.74) is 0.117. The minimum absolute atomic E-state index is 0.117. The minimum Gasteiger partial charge on any atom is -0.481 e. The molecule has 1 saturated carbocycles. The van der Waals surface area contributed by atoms with Crippen molar-refractivity contribution in [2.24, 2.45) is 5.92 Å². The first-order valence-electron chi connectivity index (χ1n) is 7.27. The molecule has 0 bridgehead atoms. The van der Waals surface area contributed by atoms with E-state index in [1.807, 2.05) is 21.0 Å². The predicted octanol–water partition coefficient (Wildman–Crippen LogP) is 1.27. The van der Waals surface area contributed by atoms with E-state index in [0.717, 1.165) is 12.8 Å². The lowest BCUT2D eigenvalue weighted by Crippen LogP contribution is -2.58. The second-order valence-corrected chi connectivity index (χ2v) is 6.07. The molecule has 0 aromatic rings. The van der Waals surface area contributed by atoms with E-state index in [4.69, 9.17) is 5.11 Å². The number of carbonyl (C=O) groups excluding carboxylic acids is 1. The zero-order valence-electron chi connectivity index (χ0n) is 12.7. The van der Waals surface area contributed by atoms with E-state index in [9.17, 15) is 9.59 Å². The average Bonchev–Trinajstić information content (AvgIpc) is 2.32. The molecule has 0 radical (unpaired) electrons. The van der Waals surface area contributed by atoms with Crippen LogP contribution in [-0.2, 0) is 4.79 Å². The molecular formula is C14H27N3O3. The average molecular weight is 285 g/mol. The van der Waals surface area contributed by atoms with Gasteiger partial charge < -0.3 is 20.6 Å². The van der Waals surface area contributed by atoms with Gasteiger partial charge in [-0.2, -0.15) is 0 Å². The first kappa shape index (κ1) is 16.8. The van der Waals surface area contributed by atoms with Crippen LogP contribution < -0.4 is 10.6 Å². The van der Waals surface area contributed by atoms with E-state index in [0.29, 0.717) is 19.5 Å². The lowest BCUT2D eigenvalue weighted by molar-refractivity contribution is -0.137. The number of hydrogen-bond acceptors (Lipinski definition) is 3. The molecule has 0 saturated heterocycles. The fourth-order valence-corrected chi connectivity index (χ4v) is 2.41. The van der Waals surface area contributed by atoms with Crippen LogP contribution in [0, 0.1) is 5.92 Å². The van der Waals surface area contributed by atoms with E-state index in [2.05, 4.69) is 15.5 Å². The van der Waals surface area contributed by atoms with Crippen molar-refractivity contribution in [3.8, 4) is 0 Å². The molecule has 0 spiro atoms. The Morgan fingerprint density at radius 2 is 1.95 bits per heavy atom. The topological polar surface area (TPSA) is 81.7 Å². The van der Waals surface area contributed by atoms with Gasteiger partial charge in [-0.25, -0.2) is 4.79 Å². The van der Waals surface area contributed by atoms with Crippen LogP contribution >= 0.6 is 0 Å². The Bertz CT molecular complexity index is 341. The summed E-state index contributed by atoms with van der Waals surface area (Å²) in [4.78, 5) is 24.4. The number of rotatable bonds is 8. The number of nitrogens with one attached hydrogen (secondary N) is 2. The lowest BCUT2D eigenvalue weighted by atomic mass is 9.75. The van der Waals surface area contributed by atoms with Gasteiger partial charge in [-0.3, -0.25) is 4.79 Å². The molecule has 1 atom stereocenters. The molecule has 6 nitrogen and oxygen atoms in total. The number of aliphatic carboxylic acids is 1. The summed E-state index contributed by atoms with van der Waals surface area (Å²) in [7, 11) is 4.10. The van der Waals surface area contributed by atoms with E-state index in [1.165, 1.54) is 6.42 Å². The highest BCUT2D eigenvalue weighted by molar-refractivity contribution is 5.74. The van der Waals surface area contributed by atoms with Crippen molar-refractivity contribution in [3.05, 3.63) is 0 Å². The number of carboxylic acid groups (broad SMARTS) is 1. The summed E-state index contributed by atoms with van der Waals surface area (Å²) in [6.45, 7) is 3.11. The number of urea groups is 1. The summed E-state index contributed by atoms with van der Waals surface area (Å²) in [5, 5.41) is 14.3. The second-order valence-electron chi connectivity index (χ2n) is 6.07. The van der Waals surface area contributed by atoms with E-state index in [-0.39, 0.29) is 23.9 Å². The molecule has 0 aromatic carbocycles. The van der Waals surface area contributed by atoms with Crippen molar-refractivity contribution >= 4 is 12.0 Å². The van der Waals surface area contributed by atoms with Gasteiger partial charge >= 0.3 is 12.0 Å². The molecule has 3 N–H and O–H groups in total. The summed E-state index contributed by atoms with van der Waals surface area (Å²) in [6, 6.07) is -0.166. The van der Waals surface area contributed by atoms with Crippen molar-refractivity contribution in [2.45, 2.75) is 44.6 Å². The maximum Gasteiger partial charge on any atom is 0.314 e. The number of carbonyl (C=O) groups is 2. The Hall–Kier alpha value is -1.30. The summed E-state index contributed by atoms with van der Waals surface area (Å²) < 4.78 is 0. The molecule has 0 aromatic heterocycles. The predicted molar refractivity (Wildman–Crippen MR) is 77.7 cm³/mol. The van der Waals surface area contributed by atoms with E-state index < -0.39 is 5.97 Å². The molecule has 1 aliphatic rings. The molecule has 0 heterocycles. The minimum atomic E-state index is -0.792. The van der Waals surface area contributed by atoms with Crippen LogP contribution in [0.1, 0.15) is 39.0 Å². The molecule has 1 unspecified atom stereocenters. The SMILES string of the molecule is CC(CCC(=O)O)CNC(=O)NCC1(N(C)C)CCC1. The monoisotopic (exact) mass is 285 g/mol. The summed E-state index contributed by atoms with van der Waals surface area (Å²) in [5.74, 6) is -0.623. The van der Waals surface area contributed by atoms with Crippen LogP contribution in [0.4, 0.5) is 4.79 Å². The van der Waals surface area contributed by atoms with Gasteiger partial charge in [-0.05, 0) is 45.7 Å². The molecular weight excluding hydrogens is 258 g/mol. The Kier molecular flexibility index (Phi) is 6.26. The van der Waals surface area contributed by atoms with Crippen molar-refractivity contribution in [1.29, 1.82) is 0 Å². The van der Waals surface area contributed by atoms with Crippen molar-refractivity contribution in [3.63, 3.8) is 0 Å². The van der Waals surface area contributed by atoms with Crippen LogP contribution in [0.15, 0.2) is 0 Å². The maximum atomic E-state index is 11.7. The maximum absolute atomic E-state index is 11.7. The number of carboxylic acids is 1. The van der Waals surface area contributed by atoms with Gasteiger partial charge in [0.25, 0.3) is 0 Å². The van der Waals surface area contributed by atoms with Gasteiger partial charge in [0.1, 0.15) is 0 Å². The molecule has 1 rings (SSSR count). The van der Waals surface area contributed by atoms with Crippen molar-refractivity contribution < 1.29 is 14.7 Å². The third-order valence-corrected chi connectivity index (χ3v) is 4.27. The smallest absolute Gasteiger partial charge is 0.314 e. The Labute approximate surface area is 120 Å². The largest absolute Gasteiger partial charge is 0.481 e. The molecule has 116 valence electrons. The van der Waals surface area contributed by atoms with E-state index >= 15 is 0 Å². The molecule has 20 heavy (non-hydrogen) atoms.